The van der Waals surface area contributed by atoms with E-state index in [0.717, 1.165) is 33.9 Å². The minimum absolute atomic E-state index is 0.554. The van der Waals surface area contributed by atoms with Gasteiger partial charge in [0.2, 0.25) is 0 Å². The van der Waals surface area contributed by atoms with Crippen LogP contribution in [0.1, 0.15) is 11.4 Å². The molecule has 4 heteroatoms. The van der Waals surface area contributed by atoms with Crippen molar-refractivity contribution in [3.05, 3.63) is 90.3 Å². The zero-order valence-electron chi connectivity index (χ0n) is 15.8. The van der Waals surface area contributed by atoms with Crippen LogP contribution in [0, 0.1) is 0 Å². The highest BCUT2D eigenvalue weighted by Gasteiger charge is 2.08. The number of ether oxygens (including phenoxy) is 2. The van der Waals surface area contributed by atoms with Crippen LogP contribution in [0.4, 0.5) is 0 Å². The Balaban J connectivity index is 1.53. The van der Waals surface area contributed by atoms with E-state index in [2.05, 4.69) is 34.9 Å². The van der Waals surface area contributed by atoms with Gasteiger partial charge >= 0.3 is 0 Å². The van der Waals surface area contributed by atoms with E-state index >= 15 is 0 Å². The zero-order chi connectivity index (χ0) is 19.2. The van der Waals surface area contributed by atoms with Gasteiger partial charge in [0.15, 0.2) is 0 Å². The summed E-state index contributed by atoms with van der Waals surface area (Å²) in [4.78, 5) is 4.78. The average molecular weight is 370 g/mol. The second kappa shape index (κ2) is 8.44. The van der Waals surface area contributed by atoms with Crippen LogP contribution < -0.4 is 9.47 Å². The minimum Gasteiger partial charge on any atom is -0.497 e. The first-order valence-electron chi connectivity index (χ1n) is 9.29. The van der Waals surface area contributed by atoms with Gasteiger partial charge in [0.1, 0.15) is 23.9 Å². The molecule has 0 aliphatic heterocycles. The summed E-state index contributed by atoms with van der Waals surface area (Å²) in [6.07, 6.45) is 4.14. The van der Waals surface area contributed by atoms with E-state index in [1.54, 1.807) is 7.11 Å². The van der Waals surface area contributed by atoms with Gasteiger partial charge in [0.05, 0.1) is 24.7 Å². The summed E-state index contributed by atoms with van der Waals surface area (Å²) >= 11 is 0. The Morgan fingerprint density at radius 2 is 1.54 bits per heavy atom. The summed E-state index contributed by atoms with van der Waals surface area (Å²) in [5.74, 6) is 2.57. The SMILES string of the molecule is COc1ccc(OCCn2c(/C=C/c3ccccc3)nc3ccccc32)cc1. The highest BCUT2D eigenvalue weighted by atomic mass is 16.5. The smallest absolute Gasteiger partial charge is 0.133 e. The predicted octanol–water partition coefficient (Wildman–Crippen LogP) is 5.29. The maximum atomic E-state index is 5.92. The lowest BCUT2D eigenvalue weighted by atomic mass is 10.2. The van der Waals surface area contributed by atoms with Crippen molar-refractivity contribution in [3.63, 3.8) is 0 Å². The molecule has 1 heterocycles. The predicted molar refractivity (Wildman–Crippen MR) is 114 cm³/mol. The Morgan fingerprint density at radius 3 is 2.32 bits per heavy atom. The average Bonchev–Trinajstić information content (AvgIpc) is 3.11. The topological polar surface area (TPSA) is 36.3 Å². The monoisotopic (exact) mass is 370 g/mol. The third kappa shape index (κ3) is 4.07. The van der Waals surface area contributed by atoms with E-state index in [9.17, 15) is 0 Å². The normalized spacial score (nSPS) is 11.2. The molecule has 0 spiro atoms. The van der Waals surface area contributed by atoms with Crippen molar-refractivity contribution in [2.24, 2.45) is 0 Å². The summed E-state index contributed by atoms with van der Waals surface area (Å²) in [7, 11) is 1.66. The van der Waals surface area contributed by atoms with Crippen LogP contribution in [0.15, 0.2) is 78.9 Å². The molecule has 4 aromatic rings. The first-order chi connectivity index (χ1) is 13.8. The molecule has 0 aliphatic carbocycles. The lowest BCUT2D eigenvalue weighted by Gasteiger charge is -2.10. The third-order valence-electron chi connectivity index (χ3n) is 4.55. The molecule has 0 saturated heterocycles. The number of rotatable bonds is 7. The molecule has 0 saturated carbocycles. The zero-order valence-corrected chi connectivity index (χ0v) is 15.8. The Morgan fingerprint density at radius 1 is 0.821 bits per heavy atom. The molecule has 0 aliphatic rings. The Labute approximate surface area is 164 Å². The second-order valence-electron chi connectivity index (χ2n) is 6.38. The molecule has 0 radical (unpaired) electrons. The number of hydrogen-bond donors (Lipinski definition) is 0. The minimum atomic E-state index is 0.554. The number of hydrogen-bond acceptors (Lipinski definition) is 3. The summed E-state index contributed by atoms with van der Waals surface area (Å²) in [6, 6.07) is 26.1. The van der Waals surface area contributed by atoms with E-state index in [-0.39, 0.29) is 0 Å². The van der Waals surface area contributed by atoms with Gasteiger partial charge in [-0.3, -0.25) is 0 Å². The van der Waals surface area contributed by atoms with Gasteiger partial charge < -0.3 is 14.0 Å². The number of imidazole rings is 1. The summed E-state index contributed by atoms with van der Waals surface area (Å²) in [6.45, 7) is 1.26. The molecule has 4 nitrogen and oxygen atoms in total. The molecule has 28 heavy (non-hydrogen) atoms. The number of para-hydroxylation sites is 2. The molecule has 0 fully saturated rings. The Kier molecular flexibility index (Phi) is 5.38. The number of benzene rings is 3. The van der Waals surface area contributed by atoms with Crippen LogP contribution in [-0.4, -0.2) is 23.3 Å². The van der Waals surface area contributed by atoms with Crippen molar-refractivity contribution in [1.29, 1.82) is 0 Å². The van der Waals surface area contributed by atoms with Crippen molar-refractivity contribution in [2.75, 3.05) is 13.7 Å². The maximum absolute atomic E-state index is 5.92. The molecular formula is C24H22N2O2. The van der Waals surface area contributed by atoms with Crippen molar-refractivity contribution in [3.8, 4) is 11.5 Å². The fraction of sp³-hybridized carbons (Fsp3) is 0.125. The van der Waals surface area contributed by atoms with Crippen LogP contribution in [0.2, 0.25) is 0 Å². The molecule has 4 rings (SSSR count). The van der Waals surface area contributed by atoms with Crippen LogP contribution in [0.3, 0.4) is 0 Å². The van der Waals surface area contributed by atoms with Gasteiger partial charge in [-0.05, 0) is 48.0 Å². The standard InChI is InChI=1S/C24H22N2O2/c1-27-20-12-14-21(15-13-20)28-18-17-26-23-10-6-5-9-22(23)25-24(26)16-11-19-7-3-2-4-8-19/h2-16H,17-18H2,1H3/b16-11+. The van der Waals surface area contributed by atoms with Crippen molar-refractivity contribution in [1.82, 2.24) is 9.55 Å². The van der Waals surface area contributed by atoms with Gasteiger partial charge in [-0.2, -0.15) is 0 Å². The lowest BCUT2D eigenvalue weighted by molar-refractivity contribution is 0.299. The Bertz CT molecular complexity index is 1070. The Hall–Kier alpha value is -3.53. The first kappa shape index (κ1) is 17.9. The van der Waals surface area contributed by atoms with Crippen molar-refractivity contribution in [2.45, 2.75) is 6.54 Å². The van der Waals surface area contributed by atoms with E-state index in [4.69, 9.17) is 14.5 Å². The van der Waals surface area contributed by atoms with Gasteiger partial charge in [-0.25, -0.2) is 4.98 Å². The van der Waals surface area contributed by atoms with Crippen molar-refractivity contribution < 1.29 is 9.47 Å². The van der Waals surface area contributed by atoms with E-state index in [0.29, 0.717) is 13.2 Å². The molecule has 0 unspecified atom stereocenters. The molecule has 0 amide bonds. The second-order valence-corrected chi connectivity index (χ2v) is 6.38. The first-order valence-corrected chi connectivity index (χ1v) is 9.29. The number of aromatic nitrogens is 2. The number of fused-ring (bicyclic) bond motifs is 1. The van der Waals surface area contributed by atoms with Gasteiger partial charge in [-0.15, -0.1) is 0 Å². The number of methoxy groups -OCH3 is 1. The van der Waals surface area contributed by atoms with Crippen LogP contribution in [-0.2, 0) is 6.54 Å². The van der Waals surface area contributed by atoms with Gasteiger partial charge in [0, 0.05) is 0 Å². The van der Waals surface area contributed by atoms with Crippen LogP contribution in [0.5, 0.6) is 11.5 Å². The molecule has 140 valence electrons. The van der Waals surface area contributed by atoms with Crippen LogP contribution >= 0.6 is 0 Å². The van der Waals surface area contributed by atoms with Gasteiger partial charge in [0.25, 0.3) is 0 Å². The fourth-order valence-corrected chi connectivity index (χ4v) is 3.12. The molecule has 0 N–H and O–H groups in total. The highest BCUT2D eigenvalue weighted by molar-refractivity contribution is 5.79. The number of nitrogens with zero attached hydrogens (tertiary/aromatic N) is 2. The van der Waals surface area contributed by atoms with Crippen molar-refractivity contribution >= 4 is 23.2 Å². The maximum Gasteiger partial charge on any atom is 0.133 e. The summed E-state index contributed by atoms with van der Waals surface area (Å²) in [5, 5.41) is 0. The van der Waals surface area contributed by atoms with Gasteiger partial charge in [-0.1, -0.05) is 48.5 Å². The quantitative estimate of drug-likeness (QED) is 0.443. The largest absolute Gasteiger partial charge is 0.497 e. The molecule has 3 aromatic carbocycles. The third-order valence-corrected chi connectivity index (χ3v) is 4.55. The fourth-order valence-electron chi connectivity index (χ4n) is 3.12. The van der Waals surface area contributed by atoms with E-state index in [1.165, 1.54) is 0 Å². The van der Waals surface area contributed by atoms with Crippen LogP contribution in [0.25, 0.3) is 23.2 Å². The lowest BCUT2D eigenvalue weighted by Crippen LogP contribution is -2.09. The summed E-state index contributed by atoms with van der Waals surface area (Å²) in [5.41, 5.74) is 3.24. The summed E-state index contributed by atoms with van der Waals surface area (Å²) < 4.78 is 13.3. The molecule has 0 bridgehead atoms. The molecule has 0 atom stereocenters. The molecule has 1 aromatic heterocycles. The van der Waals surface area contributed by atoms with E-state index in [1.807, 2.05) is 60.7 Å². The molecular weight excluding hydrogens is 348 g/mol. The highest BCUT2D eigenvalue weighted by Crippen LogP contribution is 2.20. The van der Waals surface area contributed by atoms with E-state index < -0.39 is 0 Å².